The van der Waals surface area contributed by atoms with Crippen molar-refractivity contribution < 1.29 is 9.53 Å². The number of pyridine rings is 1. The van der Waals surface area contributed by atoms with Gasteiger partial charge >= 0.3 is 5.97 Å². The third-order valence-corrected chi connectivity index (χ3v) is 3.93. The number of para-hydroxylation sites is 1. The van der Waals surface area contributed by atoms with Crippen molar-refractivity contribution in [3.63, 3.8) is 0 Å². The van der Waals surface area contributed by atoms with Crippen LogP contribution in [0.4, 0.5) is 0 Å². The Kier molecular flexibility index (Phi) is 5.51. The molecule has 21 heavy (non-hydrogen) atoms. The summed E-state index contributed by atoms with van der Waals surface area (Å²) in [5.74, 6) is -0.336. The number of esters is 1. The lowest BCUT2D eigenvalue weighted by Crippen LogP contribution is -2.10. The van der Waals surface area contributed by atoms with E-state index in [0.29, 0.717) is 16.7 Å². The molecule has 4 heteroatoms. The number of aryl methyl sites for hydroxylation is 1. The van der Waals surface area contributed by atoms with Gasteiger partial charge in [-0.15, -0.1) is 0 Å². The van der Waals surface area contributed by atoms with Gasteiger partial charge in [-0.25, -0.2) is 4.79 Å². The average Bonchev–Trinajstić information content (AvgIpc) is 2.50. The van der Waals surface area contributed by atoms with Crippen molar-refractivity contribution in [1.82, 2.24) is 4.57 Å². The summed E-state index contributed by atoms with van der Waals surface area (Å²) in [7, 11) is 0. The molecule has 3 nitrogen and oxygen atoms in total. The van der Waals surface area contributed by atoms with Gasteiger partial charge in [-0.2, -0.15) is 0 Å². The minimum absolute atomic E-state index is 0.336. The van der Waals surface area contributed by atoms with Crippen LogP contribution in [0, 0.1) is 4.51 Å². The Hall–Kier alpha value is -1.68. The van der Waals surface area contributed by atoms with Gasteiger partial charge in [0.25, 0.3) is 0 Å². The topological polar surface area (TPSA) is 31.2 Å². The van der Waals surface area contributed by atoms with Crippen molar-refractivity contribution in [1.29, 1.82) is 0 Å². The molecule has 0 atom stereocenters. The van der Waals surface area contributed by atoms with Crippen LogP contribution in [0.2, 0.25) is 0 Å². The molecule has 0 bridgehead atoms. The molecule has 2 rings (SSSR count). The molecule has 1 aromatic heterocycles. The Balaban J connectivity index is 2.52. The zero-order valence-corrected chi connectivity index (χ0v) is 13.4. The van der Waals surface area contributed by atoms with Crippen molar-refractivity contribution in [2.24, 2.45) is 0 Å². The van der Waals surface area contributed by atoms with Gasteiger partial charge in [0.1, 0.15) is 0 Å². The summed E-state index contributed by atoms with van der Waals surface area (Å²) in [6.45, 7) is 5.23. The molecule has 0 saturated carbocycles. The number of aromatic nitrogens is 1. The molecule has 0 amide bonds. The minimum atomic E-state index is -0.336. The van der Waals surface area contributed by atoms with E-state index >= 15 is 0 Å². The van der Waals surface area contributed by atoms with Crippen LogP contribution in [-0.2, 0) is 11.3 Å². The van der Waals surface area contributed by atoms with Crippen molar-refractivity contribution in [2.45, 2.75) is 39.7 Å². The maximum atomic E-state index is 12.1. The predicted molar refractivity (Wildman–Crippen MR) is 88.3 cm³/mol. The van der Waals surface area contributed by atoms with Crippen LogP contribution in [0.5, 0.6) is 0 Å². The second kappa shape index (κ2) is 7.36. The third-order valence-electron chi connectivity index (χ3n) is 3.49. The molecule has 0 aliphatic carbocycles. The minimum Gasteiger partial charge on any atom is -0.462 e. The predicted octanol–water partition coefficient (Wildman–Crippen LogP) is 4.74. The lowest BCUT2D eigenvalue weighted by atomic mass is 10.1. The van der Waals surface area contributed by atoms with E-state index in [2.05, 4.69) is 11.5 Å². The quantitative estimate of drug-likeness (QED) is 0.439. The summed E-state index contributed by atoms with van der Waals surface area (Å²) >= 11 is 5.46. The third kappa shape index (κ3) is 3.50. The van der Waals surface area contributed by atoms with Crippen LogP contribution >= 0.6 is 12.2 Å². The van der Waals surface area contributed by atoms with E-state index in [4.69, 9.17) is 17.0 Å². The first-order chi connectivity index (χ1) is 10.2. The summed E-state index contributed by atoms with van der Waals surface area (Å²) in [5.41, 5.74) is 1.56. The van der Waals surface area contributed by atoms with E-state index in [1.807, 2.05) is 30.5 Å². The van der Waals surface area contributed by atoms with Crippen LogP contribution in [0.3, 0.4) is 0 Å². The number of carbonyl (C=O) groups is 1. The van der Waals surface area contributed by atoms with Crippen molar-refractivity contribution >= 4 is 29.1 Å². The smallest absolute Gasteiger partial charge is 0.341 e. The molecule has 0 aliphatic heterocycles. The van der Waals surface area contributed by atoms with Gasteiger partial charge in [0, 0.05) is 23.6 Å². The summed E-state index contributed by atoms with van der Waals surface area (Å²) < 4.78 is 7.82. The Morgan fingerprint density at radius 3 is 2.71 bits per heavy atom. The number of hydrogen-bond acceptors (Lipinski definition) is 3. The molecule has 0 fully saturated rings. The lowest BCUT2D eigenvalue weighted by Gasteiger charge is -2.14. The molecular formula is C17H21NO2S. The van der Waals surface area contributed by atoms with E-state index in [-0.39, 0.29) is 5.97 Å². The van der Waals surface area contributed by atoms with Crippen LogP contribution in [-0.4, -0.2) is 17.1 Å². The summed E-state index contributed by atoms with van der Waals surface area (Å²) in [6, 6.07) is 7.96. The fraction of sp³-hybridized carbons (Fsp3) is 0.412. The van der Waals surface area contributed by atoms with E-state index in [9.17, 15) is 4.79 Å². The summed E-state index contributed by atoms with van der Waals surface area (Å²) in [6.07, 6.45) is 5.27. The summed E-state index contributed by atoms with van der Waals surface area (Å²) in [4.78, 5) is 12.1. The van der Waals surface area contributed by atoms with Gasteiger partial charge in [0.15, 0.2) is 0 Å². The molecule has 2 aromatic rings. The second-order valence-corrected chi connectivity index (χ2v) is 5.42. The van der Waals surface area contributed by atoms with E-state index in [1.165, 1.54) is 12.8 Å². The lowest BCUT2D eigenvalue weighted by molar-refractivity contribution is 0.0525. The Labute approximate surface area is 130 Å². The Bertz CT molecular complexity index is 691. The normalized spacial score (nSPS) is 10.8. The highest BCUT2D eigenvalue weighted by atomic mass is 32.1. The van der Waals surface area contributed by atoms with Gasteiger partial charge in [-0.1, -0.05) is 50.2 Å². The van der Waals surface area contributed by atoms with Gasteiger partial charge < -0.3 is 9.30 Å². The number of benzene rings is 1. The SMILES string of the molecule is CCCCCn1cc(C(=O)OCC)c(=S)c2ccccc21. The molecule has 0 spiro atoms. The molecule has 1 aromatic carbocycles. The second-order valence-electron chi connectivity index (χ2n) is 5.01. The zero-order valence-electron chi connectivity index (χ0n) is 12.6. The van der Waals surface area contributed by atoms with Crippen LogP contribution in [0.1, 0.15) is 43.5 Å². The Morgan fingerprint density at radius 1 is 1.24 bits per heavy atom. The largest absolute Gasteiger partial charge is 0.462 e. The van der Waals surface area contributed by atoms with Crippen molar-refractivity contribution in [2.75, 3.05) is 6.61 Å². The van der Waals surface area contributed by atoms with E-state index < -0.39 is 0 Å². The number of ether oxygens (including phenoxy) is 1. The highest BCUT2D eigenvalue weighted by molar-refractivity contribution is 7.71. The number of hydrogen-bond donors (Lipinski definition) is 0. The van der Waals surface area contributed by atoms with Crippen molar-refractivity contribution in [3.8, 4) is 0 Å². The molecule has 1 heterocycles. The first-order valence-electron chi connectivity index (χ1n) is 7.48. The zero-order chi connectivity index (χ0) is 15.2. The van der Waals surface area contributed by atoms with Crippen molar-refractivity contribution in [3.05, 3.63) is 40.5 Å². The standard InChI is InChI=1S/C17H21NO2S/c1-3-5-8-11-18-12-14(17(19)20-4-2)16(21)13-9-6-7-10-15(13)18/h6-7,9-10,12H,3-5,8,11H2,1-2H3. The summed E-state index contributed by atoms with van der Waals surface area (Å²) in [5, 5.41) is 0.939. The number of rotatable bonds is 6. The Morgan fingerprint density at radius 2 is 2.00 bits per heavy atom. The molecular weight excluding hydrogens is 282 g/mol. The number of fused-ring (bicyclic) bond motifs is 1. The van der Waals surface area contributed by atoms with Gasteiger partial charge in [0.2, 0.25) is 0 Å². The maximum Gasteiger partial charge on any atom is 0.341 e. The number of nitrogens with zero attached hydrogens (tertiary/aromatic N) is 1. The fourth-order valence-corrected chi connectivity index (χ4v) is 2.73. The van der Waals surface area contributed by atoms with E-state index in [1.54, 1.807) is 6.92 Å². The number of unbranched alkanes of at least 4 members (excludes halogenated alkanes) is 2. The molecule has 0 unspecified atom stereocenters. The van der Waals surface area contributed by atoms with Gasteiger partial charge in [-0.3, -0.25) is 0 Å². The van der Waals surface area contributed by atoms with Gasteiger partial charge in [0.05, 0.1) is 16.7 Å². The average molecular weight is 303 g/mol. The van der Waals surface area contributed by atoms with Crippen LogP contribution < -0.4 is 0 Å². The maximum absolute atomic E-state index is 12.1. The van der Waals surface area contributed by atoms with Gasteiger partial charge in [-0.05, 0) is 19.4 Å². The first-order valence-corrected chi connectivity index (χ1v) is 7.89. The molecule has 0 radical (unpaired) electrons. The molecule has 0 saturated heterocycles. The fourth-order valence-electron chi connectivity index (χ4n) is 2.42. The number of carbonyl (C=O) groups excluding carboxylic acids is 1. The van der Waals surface area contributed by atoms with Crippen LogP contribution in [0.25, 0.3) is 10.9 Å². The monoisotopic (exact) mass is 303 g/mol. The first kappa shape index (κ1) is 15.7. The highest BCUT2D eigenvalue weighted by Crippen LogP contribution is 2.20. The highest BCUT2D eigenvalue weighted by Gasteiger charge is 2.13. The van der Waals surface area contributed by atoms with Crippen LogP contribution in [0.15, 0.2) is 30.5 Å². The molecule has 0 aliphatic rings. The molecule has 112 valence electrons. The molecule has 0 N–H and O–H groups in total. The van der Waals surface area contributed by atoms with E-state index in [0.717, 1.165) is 23.9 Å².